The molecule has 0 spiro atoms. The molecule has 2 N–H and O–H groups in total. The van der Waals surface area contributed by atoms with Gasteiger partial charge in [-0.3, -0.25) is 4.90 Å². The van der Waals surface area contributed by atoms with E-state index in [2.05, 4.69) is 18.9 Å². The highest BCUT2D eigenvalue weighted by atomic mass is 16.7. The van der Waals surface area contributed by atoms with E-state index in [1.54, 1.807) is 0 Å². The molecule has 1 aromatic carbocycles. The van der Waals surface area contributed by atoms with Gasteiger partial charge < -0.3 is 15.2 Å². The van der Waals surface area contributed by atoms with Crippen LogP contribution in [0.2, 0.25) is 0 Å². The van der Waals surface area contributed by atoms with Crippen molar-refractivity contribution in [1.82, 2.24) is 4.90 Å². The largest absolute Gasteiger partial charge is 0.467 e. The van der Waals surface area contributed by atoms with E-state index in [4.69, 9.17) is 15.2 Å². The van der Waals surface area contributed by atoms with Crippen molar-refractivity contribution in [2.75, 3.05) is 19.6 Å². The predicted octanol–water partition coefficient (Wildman–Crippen LogP) is 2.37. The maximum Gasteiger partial charge on any atom is 0.189 e. The van der Waals surface area contributed by atoms with E-state index < -0.39 is 0 Å². The summed E-state index contributed by atoms with van der Waals surface area (Å²) >= 11 is 0. The van der Waals surface area contributed by atoms with Crippen molar-refractivity contribution >= 4 is 5.69 Å². The molecule has 4 heteroatoms. The summed E-state index contributed by atoms with van der Waals surface area (Å²) in [6, 6.07) is 4.60. The van der Waals surface area contributed by atoms with Crippen LogP contribution in [-0.4, -0.2) is 24.8 Å². The van der Waals surface area contributed by atoms with Crippen molar-refractivity contribution in [3.8, 4) is 5.75 Å². The van der Waals surface area contributed by atoms with E-state index in [1.165, 1.54) is 18.4 Å². The minimum Gasteiger partial charge on any atom is -0.467 e. The van der Waals surface area contributed by atoms with Gasteiger partial charge in [-0.2, -0.15) is 0 Å². The van der Waals surface area contributed by atoms with Crippen molar-refractivity contribution in [1.29, 1.82) is 0 Å². The molecule has 2 aliphatic rings. The van der Waals surface area contributed by atoms with E-state index in [0.29, 0.717) is 19.4 Å². The van der Waals surface area contributed by atoms with Gasteiger partial charge in [0.05, 0.1) is 6.61 Å². The maximum atomic E-state index is 5.98. The number of ether oxygens (including phenoxy) is 2. The monoisotopic (exact) mass is 262 g/mol. The predicted molar refractivity (Wildman–Crippen MR) is 74.8 cm³/mol. The fourth-order valence-corrected chi connectivity index (χ4v) is 2.79. The number of rotatable bonds is 4. The molecule has 0 aromatic heterocycles. The fraction of sp³-hybridized carbons (Fsp3) is 0.600. The normalized spacial score (nSPS) is 19.9. The summed E-state index contributed by atoms with van der Waals surface area (Å²) in [5, 5.41) is 0. The summed E-state index contributed by atoms with van der Waals surface area (Å²) in [6.07, 6.45) is 2.73. The zero-order valence-corrected chi connectivity index (χ0v) is 11.7. The molecule has 1 aromatic rings. The third-order valence-electron chi connectivity index (χ3n) is 4.23. The second-order valence-corrected chi connectivity index (χ2v) is 5.77. The first-order chi connectivity index (χ1) is 9.15. The second kappa shape index (κ2) is 5.02. The minimum atomic E-state index is 0.339. The zero-order chi connectivity index (χ0) is 13.4. The van der Waals surface area contributed by atoms with Crippen LogP contribution in [0.1, 0.15) is 30.9 Å². The summed E-state index contributed by atoms with van der Waals surface area (Å²) in [6.45, 7) is 4.12. The van der Waals surface area contributed by atoms with Crippen molar-refractivity contribution in [2.45, 2.75) is 39.0 Å². The number of anilines is 1. The summed E-state index contributed by atoms with van der Waals surface area (Å²) in [4.78, 5) is 2.39. The molecule has 1 aliphatic carbocycles. The Morgan fingerprint density at radius 3 is 2.95 bits per heavy atom. The molecular formula is C15H22N2O2. The van der Waals surface area contributed by atoms with Gasteiger partial charge in [-0.25, -0.2) is 0 Å². The number of fused-ring (bicyclic) bond motifs is 1. The SMILES string of the molecule is CC(C1CC1)N(C)Cc1cc(N)cc2c1OCOC2. The third-order valence-corrected chi connectivity index (χ3v) is 4.23. The van der Waals surface area contributed by atoms with Gasteiger partial charge in [0.1, 0.15) is 5.75 Å². The fourth-order valence-electron chi connectivity index (χ4n) is 2.79. The molecule has 1 saturated carbocycles. The van der Waals surface area contributed by atoms with Crippen LogP contribution in [0.15, 0.2) is 12.1 Å². The van der Waals surface area contributed by atoms with E-state index in [1.807, 2.05) is 12.1 Å². The van der Waals surface area contributed by atoms with Crippen LogP contribution in [0.25, 0.3) is 0 Å². The molecule has 1 heterocycles. The summed E-state index contributed by atoms with van der Waals surface area (Å²) < 4.78 is 11.0. The standard InChI is InChI=1S/C15H22N2O2/c1-10(11-3-4-11)17(2)7-12-5-14(16)6-13-8-18-9-19-15(12)13/h5-6,10-11H,3-4,7-9,16H2,1-2H3. The Bertz CT molecular complexity index is 471. The second-order valence-electron chi connectivity index (χ2n) is 5.77. The summed E-state index contributed by atoms with van der Waals surface area (Å²) in [5.74, 6) is 1.83. The van der Waals surface area contributed by atoms with Crippen LogP contribution < -0.4 is 10.5 Å². The van der Waals surface area contributed by atoms with E-state index in [0.717, 1.165) is 29.5 Å². The number of hydrogen-bond acceptors (Lipinski definition) is 4. The van der Waals surface area contributed by atoms with Crippen molar-refractivity contribution < 1.29 is 9.47 Å². The Kier molecular flexibility index (Phi) is 3.37. The minimum absolute atomic E-state index is 0.339. The lowest BCUT2D eigenvalue weighted by Gasteiger charge is -2.27. The molecule has 0 radical (unpaired) electrons. The Labute approximate surface area is 114 Å². The van der Waals surface area contributed by atoms with Crippen molar-refractivity contribution in [2.24, 2.45) is 5.92 Å². The molecule has 104 valence electrons. The lowest BCUT2D eigenvalue weighted by molar-refractivity contribution is -0.0174. The van der Waals surface area contributed by atoms with E-state index >= 15 is 0 Å². The first kappa shape index (κ1) is 12.8. The highest BCUT2D eigenvalue weighted by Crippen LogP contribution is 2.36. The van der Waals surface area contributed by atoms with Gasteiger partial charge in [0, 0.05) is 29.4 Å². The number of nitrogens with two attached hydrogens (primary N) is 1. The number of nitrogens with zero attached hydrogens (tertiary/aromatic N) is 1. The molecule has 1 fully saturated rings. The van der Waals surface area contributed by atoms with Crippen LogP contribution in [-0.2, 0) is 17.9 Å². The average Bonchev–Trinajstić information content (AvgIpc) is 3.21. The molecular weight excluding hydrogens is 240 g/mol. The molecule has 1 aliphatic heterocycles. The van der Waals surface area contributed by atoms with Gasteiger partial charge in [0.2, 0.25) is 0 Å². The van der Waals surface area contributed by atoms with Crippen LogP contribution in [0, 0.1) is 5.92 Å². The Hall–Kier alpha value is -1.26. The first-order valence-electron chi connectivity index (χ1n) is 6.97. The highest BCUT2D eigenvalue weighted by molar-refractivity contribution is 5.53. The van der Waals surface area contributed by atoms with Crippen LogP contribution in [0.4, 0.5) is 5.69 Å². The molecule has 4 nitrogen and oxygen atoms in total. The van der Waals surface area contributed by atoms with Crippen LogP contribution >= 0.6 is 0 Å². The summed E-state index contributed by atoms with van der Waals surface area (Å²) in [7, 11) is 2.18. The zero-order valence-electron chi connectivity index (χ0n) is 11.7. The van der Waals surface area contributed by atoms with E-state index in [-0.39, 0.29) is 0 Å². The highest BCUT2D eigenvalue weighted by Gasteiger charge is 2.31. The molecule has 1 unspecified atom stereocenters. The van der Waals surface area contributed by atoms with Gasteiger partial charge in [-0.15, -0.1) is 0 Å². The summed E-state index contributed by atoms with van der Waals surface area (Å²) in [5.41, 5.74) is 9.00. The third kappa shape index (κ3) is 2.69. The van der Waals surface area contributed by atoms with Crippen molar-refractivity contribution in [3.63, 3.8) is 0 Å². The van der Waals surface area contributed by atoms with Gasteiger partial charge in [-0.05, 0) is 44.9 Å². The lowest BCUT2D eigenvalue weighted by atomic mass is 10.1. The Balaban J connectivity index is 1.81. The Morgan fingerprint density at radius 1 is 1.42 bits per heavy atom. The van der Waals surface area contributed by atoms with Crippen molar-refractivity contribution in [3.05, 3.63) is 23.3 Å². The number of hydrogen-bond donors (Lipinski definition) is 1. The topological polar surface area (TPSA) is 47.7 Å². The molecule has 3 rings (SSSR count). The number of nitrogen functional groups attached to an aromatic ring is 1. The molecule has 0 saturated heterocycles. The smallest absolute Gasteiger partial charge is 0.189 e. The maximum absolute atomic E-state index is 5.98. The lowest BCUT2D eigenvalue weighted by Crippen LogP contribution is -2.30. The molecule has 19 heavy (non-hydrogen) atoms. The molecule has 1 atom stereocenters. The number of benzene rings is 1. The quantitative estimate of drug-likeness (QED) is 0.846. The Morgan fingerprint density at radius 2 is 2.21 bits per heavy atom. The average molecular weight is 262 g/mol. The molecule has 0 amide bonds. The van der Waals surface area contributed by atoms with Gasteiger partial charge >= 0.3 is 0 Å². The van der Waals surface area contributed by atoms with Gasteiger partial charge in [-0.1, -0.05) is 0 Å². The van der Waals surface area contributed by atoms with E-state index in [9.17, 15) is 0 Å². The first-order valence-corrected chi connectivity index (χ1v) is 6.97. The van der Waals surface area contributed by atoms with Gasteiger partial charge in [0.15, 0.2) is 6.79 Å². The van der Waals surface area contributed by atoms with Crippen LogP contribution in [0.5, 0.6) is 5.75 Å². The van der Waals surface area contributed by atoms with Crippen LogP contribution in [0.3, 0.4) is 0 Å². The van der Waals surface area contributed by atoms with Gasteiger partial charge in [0.25, 0.3) is 0 Å². The molecule has 0 bridgehead atoms.